The van der Waals surface area contributed by atoms with E-state index in [0.29, 0.717) is 19.5 Å². The predicted octanol–water partition coefficient (Wildman–Crippen LogP) is 2.60. The van der Waals surface area contributed by atoms with Crippen LogP contribution in [0.4, 0.5) is 11.6 Å². The van der Waals surface area contributed by atoms with Crippen molar-refractivity contribution < 1.29 is 8.42 Å². The number of hydrogen-bond donors (Lipinski definition) is 2. The molecule has 0 unspecified atom stereocenters. The molecular formula is C23H31ClN6O2S. The molecule has 2 heterocycles. The number of piperazine rings is 1. The average Bonchev–Trinajstić information content (AvgIpc) is 2.83. The van der Waals surface area contributed by atoms with Crippen LogP contribution in [0.1, 0.15) is 6.42 Å². The third-order valence-electron chi connectivity index (χ3n) is 5.65. The van der Waals surface area contributed by atoms with Gasteiger partial charge in [0.1, 0.15) is 0 Å². The highest BCUT2D eigenvalue weighted by Crippen LogP contribution is 2.22. The number of nitrogens with zero attached hydrogens (tertiary/aromatic N) is 4. The molecule has 178 valence electrons. The molecule has 0 radical (unpaired) electrons. The van der Waals surface area contributed by atoms with Gasteiger partial charge in [0.25, 0.3) is 0 Å². The first-order valence-corrected chi connectivity index (χ1v) is 12.7. The topological polar surface area (TPSA) is 90.5 Å². The van der Waals surface area contributed by atoms with Crippen LogP contribution in [0.2, 0.25) is 0 Å². The van der Waals surface area contributed by atoms with Crippen LogP contribution in [-0.4, -0.2) is 74.9 Å². The largest absolute Gasteiger partial charge is 0.383 e. The van der Waals surface area contributed by atoms with Crippen molar-refractivity contribution in [1.82, 2.24) is 19.6 Å². The molecule has 0 aliphatic carbocycles. The maximum absolute atomic E-state index is 12.4. The molecule has 2 N–H and O–H groups in total. The van der Waals surface area contributed by atoms with Crippen LogP contribution >= 0.6 is 12.4 Å². The van der Waals surface area contributed by atoms with Crippen LogP contribution in [0.5, 0.6) is 0 Å². The number of nitrogens with one attached hydrogen (secondary N) is 2. The van der Waals surface area contributed by atoms with Crippen molar-refractivity contribution in [3.05, 3.63) is 60.9 Å². The molecule has 3 aromatic rings. The minimum atomic E-state index is -3.28. The zero-order chi connectivity index (χ0) is 22.2. The van der Waals surface area contributed by atoms with Crippen molar-refractivity contribution in [1.29, 1.82) is 0 Å². The van der Waals surface area contributed by atoms with Gasteiger partial charge in [-0.1, -0.05) is 36.4 Å². The first kappa shape index (κ1) is 25.2. The molecule has 0 spiro atoms. The van der Waals surface area contributed by atoms with Gasteiger partial charge >= 0.3 is 0 Å². The van der Waals surface area contributed by atoms with Crippen LogP contribution < -0.4 is 14.9 Å². The highest BCUT2D eigenvalue weighted by atomic mass is 35.5. The Kier molecular flexibility index (Phi) is 9.25. The number of hydrogen-bond acceptors (Lipinski definition) is 7. The van der Waals surface area contributed by atoms with E-state index in [2.05, 4.69) is 48.0 Å². The van der Waals surface area contributed by atoms with Gasteiger partial charge in [0.05, 0.1) is 5.75 Å². The summed E-state index contributed by atoms with van der Waals surface area (Å²) >= 11 is 0. The lowest BCUT2D eigenvalue weighted by Crippen LogP contribution is -2.47. The van der Waals surface area contributed by atoms with E-state index in [-0.39, 0.29) is 18.2 Å². The summed E-state index contributed by atoms with van der Waals surface area (Å²) in [6.45, 7) is 5.17. The number of aromatic nitrogens is 2. The van der Waals surface area contributed by atoms with Crippen molar-refractivity contribution in [2.75, 3.05) is 61.8 Å². The zero-order valence-corrected chi connectivity index (χ0v) is 20.2. The molecular weight excluding hydrogens is 460 g/mol. The minimum Gasteiger partial charge on any atom is -0.383 e. The second-order valence-electron chi connectivity index (χ2n) is 7.90. The standard InChI is InChI=1S/C23H30N6O2S.ClH/c30-32(31,27-13-12-24-22-9-3-7-20-6-1-2-8-21(20)22)19-5-14-28-15-17-29(18-16-28)23-25-10-4-11-26-23;/h1-4,6-11,24,27H,5,12-19H2;1H. The molecule has 1 saturated heterocycles. The van der Waals surface area contributed by atoms with Crippen molar-refractivity contribution in [3.8, 4) is 0 Å². The third kappa shape index (κ3) is 7.26. The smallest absolute Gasteiger partial charge is 0.225 e. The van der Waals surface area contributed by atoms with Gasteiger partial charge in [-0.25, -0.2) is 23.1 Å². The molecule has 1 fully saturated rings. The fourth-order valence-corrected chi connectivity index (χ4v) is 5.03. The van der Waals surface area contributed by atoms with Crippen molar-refractivity contribution in [3.63, 3.8) is 0 Å². The van der Waals surface area contributed by atoms with Gasteiger partial charge in [0.15, 0.2) is 0 Å². The number of rotatable bonds is 10. The number of anilines is 2. The summed E-state index contributed by atoms with van der Waals surface area (Å²) in [6, 6.07) is 16.0. The van der Waals surface area contributed by atoms with E-state index in [0.717, 1.165) is 55.1 Å². The number of halogens is 1. The molecule has 0 atom stereocenters. The normalized spacial score (nSPS) is 14.7. The Morgan fingerprint density at radius 3 is 2.39 bits per heavy atom. The lowest BCUT2D eigenvalue weighted by molar-refractivity contribution is 0.257. The maximum Gasteiger partial charge on any atom is 0.225 e. The van der Waals surface area contributed by atoms with Crippen LogP contribution in [0.3, 0.4) is 0 Å². The van der Waals surface area contributed by atoms with E-state index in [1.54, 1.807) is 12.4 Å². The van der Waals surface area contributed by atoms with Crippen molar-refractivity contribution in [2.24, 2.45) is 0 Å². The summed E-state index contributed by atoms with van der Waals surface area (Å²) < 4.78 is 27.4. The van der Waals surface area contributed by atoms with Crippen LogP contribution in [0.15, 0.2) is 60.9 Å². The molecule has 2 aromatic carbocycles. The lowest BCUT2D eigenvalue weighted by Gasteiger charge is -2.34. The summed E-state index contributed by atoms with van der Waals surface area (Å²) in [7, 11) is -3.28. The van der Waals surface area contributed by atoms with Gasteiger partial charge in [-0.05, 0) is 30.5 Å². The summed E-state index contributed by atoms with van der Waals surface area (Å²) in [4.78, 5) is 13.1. The first-order chi connectivity index (χ1) is 15.6. The number of sulfonamides is 1. The second kappa shape index (κ2) is 12.1. The van der Waals surface area contributed by atoms with Crippen LogP contribution in [0, 0.1) is 0 Å². The molecule has 1 aliphatic rings. The monoisotopic (exact) mass is 490 g/mol. The summed E-state index contributed by atoms with van der Waals surface area (Å²) in [6.07, 6.45) is 4.13. The van der Waals surface area contributed by atoms with Gasteiger partial charge in [0.2, 0.25) is 16.0 Å². The van der Waals surface area contributed by atoms with Gasteiger partial charge in [-0.3, -0.25) is 4.90 Å². The van der Waals surface area contributed by atoms with Gasteiger partial charge in [-0.15, -0.1) is 12.4 Å². The maximum atomic E-state index is 12.4. The van der Waals surface area contributed by atoms with Crippen molar-refractivity contribution >= 4 is 44.8 Å². The summed E-state index contributed by atoms with van der Waals surface area (Å²) in [5.41, 5.74) is 1.02. The number of fused-ring (bicyclic) bond motifs is 1. The Morgan fingerprint density at radius 2 is 1.61 bits per heavy atom. The first-order valence-electron chi connectivity index (χ1n) is 11.0. The molecule has 0 bridgehead atoms. The minimum absolute atomic E-state index is 0. The molecule has 1 aliphatic heterocycles. The van der Waals surface area contributed by atoms with Crippen LogP contribution in [-0.2, 0) is 10.0 Å². The quantitative estimate of drug-likeness (QED) is 0.422. The molecule has 1 aromatic heterocycles. The molecule has 0 amide bonds. The lowest BCUT2D eigenvalue weighted by atomic mass is 10.1. The Morgan fingerprint density at radius 1 is 0.879 bits per heavy atom. The predicted molar refractivity (Wildman–Crippen MR) is 137 cm³/mol. The van der Waals surface area contributed by atoms with E-state index in [9.17, 15) is 8.42 Å². The van der Waals surface area contributed by atoms with E-state index in [1.165, 1.54) is 0 Å². The average molecular weight is 491 g/mol. The Bertz CT molecular complexity index is 1100. The van der Waals surface area contributed by atoms with Gasteiger partial charge < -0.3 is 10.2 Å². The Balaban J connectivity index is 0.00000306. The molecule has 4 rings (SSSR count). The second-order valence-corrected chi connectivity index (χ2v) is 9.82. The SMILES string of the molecule is Cl.O=S(=O)(CCCN1CCN(c2ncccn2)CC1)NCCNc1cccc2ccccc12. The fraction of sp³-hybridized carbons (Fsp3) is 0.391. The molecule has 0 saturated carbocycles. The zero-order valence-electron chi connectivity index (χ0n) is 18.6. The molecule has 10 heteroatoms. The Labute approximate surface area is 201 Å². The molecule has 8 nitrogen and oxygen atoms in total. The van der Waals surface area contributed by atoms with Crippen LogP contribution in [0.25, 0.3) is 10.8 Å². The van der Waals surface area contributed by atoms with Crippen molar-refractivity contribution in [2.45, 2.75) is 6.42 Å². The van der Waals surface area contributed by atoms with Gasteiger partial charge in [-0.2, -0.15) is 0 Å². The fourth-order valence-electron chi connectivity index (χ4n) is 3.96. The summed E-state index contributed by atoms with van der Waals surface area (Å²) in [5.74, 6) is 0.902. The highest BCUT2D eigenvalue weighted by molar-refractivity contribution is 7.89. The summed E-state index contributed by atoms with van der Waals surface area (Å²) in [5, 5.41) is 5.63. The molecule has 33 heavy (non-hydrogen) atoms. The van der Waals surface area contributed by atoms with E-state index in [4.69, 9.17) is 0 Å². The highest BCUT2D eigenvalue weighted by Gasteiger charge is 2.19. The number of benzene rings is 2. The van der Waals surface area contributed by atoms with E-state index in [1.807, 2.05) is 30.3 Å². The Hall–Kier alpha value is -2.46. The third-order valence-corrected chi connectivity index (χ3v) is 7.12. The van der Waals surface area contributed by atoms with E-state index >= 15 is 0 Å². The van der Waals surface area contributed by atoms with Gasteiger partial charge in [0, 0.05) is 62.7 Å². The van der Waals surface area contributed by atoms with E-state index < -0.39 is 10.0 Å².